The van der Waals surface area contributed by atoms with Gasteiger partial charge in [0.15, 0.2) is 0 Å². The molecule has 2 rings (SSSR count). The molecule has 1 heterocycles. The van der Waals surface area contributed by atoms with Gasteiger partial charge in [0.25, 0.3) is 0 Å². The minimum absolute atomic E-state index is 0.131. The first kappa shape index (κ1) is 11.9. The number of carboxylic acid groups (broad SMARTS) is 1. The van der Waals surface area contributed by atoms with E-state index in [1.54, 1.807) is 13.0 Å². The fourth-order valence-corrected chi connectivity index (χ4v) is 1.80. The van der Waals surface area contributed by atoms with Crippen LogP contribution in [0.3, 0.4) is 0 Å². The van der Waals surface area contributed by atoms with Gasteiger partial charge in [-0.1, -0.05) is 0 Å². The van der Waals surface area contributed by atoms with E-state index in [0.29, 0.717) is 18.7 Å². The Morgan fingerprint density at radius 3 is 3.18 bits per heavy atom. The van der Waals surface area contributed by atoms with Crippen molar-refractivity contribution in [3.8, 4) is 5.75 Å². The van der Waals surface area contributed by atoms with Gasteiger partial charge in [0.05, 0.1) is 0 Å². The summed E-state index contributed by atoms with van der Waals surface area (Å²) in [5.74, 6) is -0.493. The molecule has 0 saturated heterocycles. The molecule has 0 fully saturated rings. The lowest BCUT2D eigenvalue weighted by molar-refractivity contribution is -0.139. The molecule has 4 nitrogen and oxygen atoms in total. The molecule has 2 N–H and O–H groups in total. The van der Waals surface area contributed by atoms with Crippen molar-refractivity contribution >= 4 is 5.97 Å². The van der Waals surface area contributed by atoms with E-state index in [1.165, 1.54) is 12.1 Å². The van der Waals surface area contributed by atoms with Crippen LogP contribution in [0.2, 0.25) is 0 Å². The summed E-state index contributed by atoms with van der Waals surface area (Å²) in [5.41, 5.74) is 0.833. The van der Waals surface area contributed by atoms with E-state index in [2.05, 4.69) is 5.32 Å². The third-order valence-electron chi connectivity index (χ3n) is 2.79. The molecule has 17 heavy (non-hydrogen) atoms. The highest BCUT2D eigenvalue weighted by Crippen LogP contribution is 2.28. The van der Waals surface area contributed by atoms with Gasteiger partial charge in [-0.3, -0.25) is 4.79 Å². The SMILES string of the molecule is CC(NCC1Cc2cc(F)ccc2O1)C(=O)O. The van der Waals surface area contributed by atoms with E-state index >= 15 is 0 Å². The Balaban J connectivity index is 1.90. The topological polar surface area (TPSA) is 58.6 Å². The lowest BCUT2D eigenvalue weighted by Crippen LogP contribution is -2.40. The smallest absolute Gasteiger partial charge is 0.320 e. The van der Waals surface area contributed by atoms with E-state index in [4.69, 9.17) is 9.84 Å². The Morgan fingerprint density at radius 1 is 1.71 bits per heavy atom. The van der Waals surface area contributed by atoms with Crippen LogP contribution in [0.4, 0.5) is 4.39 Å². The predicted octanol–water partition coefficient (Wildman–Crippen LogP) is 1.19. The summed E-state index contributed by atoms with van der Waals surface area (Å²) in [6, 6.07) is 3.80. The number of benzene rings is 1. The zero-order valence-electron chi connectivity index (χ0n) is 9.44. The molecule has 0 bridgehead atoms. The summed E-state index contributed by atoms with van der Waals surface area (Å²) >= 11 is 0. The Bertz CT molecular complexity index is 436. The Morgan fingerprint density at radius 2 is 2.47 bits per heavy atom. The number of aliphatic carboxylic acids is 1. The van der Waals surface area contributed by atoms with Gasteiger partial charge < -0.3 is 15.2 Å². The quantitative estimate of drug-likeness (QED) is 0.828. The van der Waals surface area contributed by atoms with Crippen LogP contribution in [-0.2, 0) is 11.2 Å². The fraction of sp³-hybridized carbons (Fsp3) is 0.417. The van der Waals surface area contributed by atoms with E-state index < -0.39 is 12.0 Å². The van der Waals surface area contributed by atoms with Crippen molar-refractivity contribution in [2.75, 3.05) is 6.54 Å². The Hall–Kier alpha value is -1.62. The van der Waals surface area contributed by atoms with E-state index in [0.717, 1.165) is 5.56 Å². The molecule has 5 heteroatoms. The molecule has 2 atom stereocenters. The number of hydrogen-bond donors (Lipinski definition) is 2. The number of rotatable bonds is 4. The third-order valence-corrected chi connectivity index (χ3v) is 2.79. The summed E-state index contributed by atoms with van der Waals surface area (Å²) in [7, 11) is 0. The summed E-state index contributed by atoms with van der Waals surface area (Å²) in [4.78, 5) is 10.6. The Labute approximate surface area is 98.4 Å². The molecular weight excluding hydrogens is 225 g/mol. The lowest BCUT2D eigenvalue weighted by Gasteiger charge is -2.14. The molecule has 0 spiro atoms. The summed E-state index contributed by atoms with van der Waals surface area (Å²) in [5, 5.41) is 11.6. The van der Waals surface area contributed by atoms with Crippen LogP contribution < -0.4 is 10.1 Å². The molecule has 1 aliphatic heterocycles. The first-order chi connectivity index (χ1) is 8.06. The van der Waals surface area contributed by atoms with Gasteiger partial charge in [-0.15, -0.1) is 0 Å². The van der Waals surface area contributed by atoms with Gasteiger partial charge in [-0.05, 0) is 25.1 Å². The average molecular weight is 239 g/mol. The number of carbonyl (C=O) groups is 1. The van der Waals surface area contributed by atoms with Gasteiger partial charge in [0.1, 0.15) is 23.7 Å². The van der Waals surface area contributed by atoms with Gasteiger partial charge in [-0.2, -0.15) is 0 Å². The van der Waals surface area contributed by atoms with Crippen LogP contribution >= 0.6 is 0 Å². The zero-order valence-corrected chi connectivity index (χ0v) is 9.44. The maximum Gasteiger partial charge on any atom is 0.320 e. The number of hydrogen-bond acceptors (Lipinski definition) is 3. The van der Waals surface area contributed by atoms with Crippen LogP contribution in [0.1, 0.15) is 12.5 Å². The van der Waals surface area contributed by atoms with Crippen molar-refractivity contribution in [1.82, 2.24) is 5.32 Å². The summed E-state index contributed by atoms with van der Waals surface area (Å²) < 4.78 is 18.5. The van der Waals surface area contributed by atoms with E-state index in [9.17, 15) is 9.18 Å². The van der Waals surface area contributed by atoms with Crippen LogP contribution in [0.25, 0.3) is 0 Å². The second-order valence-corrected chi connectivity index (χ2v) is 4.16. The fourth-order valence-electron chi connectivity index (χ4n) is 1.80. The highest BCUT2D eigenvalue weighted by atomic mass is 19.1. The molecule has 0 radical (unpaired) electrons. The molecule has 1 aromatic carbocycles. The molecule has 0 saturated carbocycles. The van der Waals surface area contributed by atoms with Crippen molar-refractivity contribution in [1.29, 1.82) is 0 Å². The van der Waals surface area contributed by atoms with Crippen molar-refractivity contribution < 1.29 is 19.0 Å². The number of ether oxygens (including phenoxy) is 1. The number of halogens is 1. The number of nitrogens with one attached hydrogen (secondary N) is 1. The third kappa shape index (κ3) is 2.74. The zero-order chi connectivity index (χ0) is 12.4. The Kier molecular flexibility index (Phi) is 3.28. The second kappa shape index (κ2) is 4.71. The molecule has 0 aliphatic carbocycles. The maximum atomic E-state index is 13.0. The van der Waals surface area contributed by atoms with E-state index in [1.807, 2.05) is 0 Å². The molecule has 0 amide bonds. The number of fused-ring (bicyclic) bond motifs is 1. The molecule has 2 unspecified atom stereocenters. The molecule has 92 valence electrons. The van der Waals surface area contributed by atoms with E-state index in [-0.39, 0.29) is 11.9 Å². The highest BCUT2D eigenvalue weighted by molar-refractivity contribution is 5.72. The monoisotopic (exact) mass is 239 g/mol. The highest BCUT2D eigenvalue weighted by Gasteiger charge is 2.24. The molecular formula is C12H14FNO3. The predicted molar refractivity (Wildman–Crippen MR) is 59.6 cm³/mol. The minimum Gasteiger partial charge on any atom is -0.488 e. The van der Waals surface area contributed by atoms with Crippen LogP contribution in [0.5, 0.6) is 5.75 Å². The lowest BCUT2D eigenvalue weighted by atomic mass is 10.1. The van der Waals surface area contributed by atoms with Gasteiger partial charge in [0, 0.05) is 18.5 Å². The average Bonchev–Trinajstić information content (AvgIpc) is 2.67. The maximum absolute atomic E-state index is 13.0. The number of carboxylic acids is 1. The summed E-state index contributed by atoms with van der Waals surface area (Å²) in [6.45, 7) is 2.01. The molecule has 1 aromatic rings. The summed E-state index contributed by atoms with van der Waals surface area (Å²) in [6.07, 6.45) is 0.473. The minimum atomic E-state index is -0.897. The normalized spacial score (nSPS) is 19.5. The van der Waals surface area contributed by atoms with Gasteiger partial charge in [0.2, 0.25) is 0 Å². The largest absolute Gasteiger partial charge is 0.488 e. The van der Waals surface area contributed by atoms with Crippen molar-refractivity contribution in [2.45, 2.75) is 25.5 Å². The van der Waals surface area contributed by atoms with Crippen LogP contribution in [0.15, 0.2) is 18.2 Å². The van der Waals surface area contributed by atoms with Crippen molar-refractivity contribution in [2.24, 2.45) is 0 Å². The van der Waals surface area contributed by atoms with Crippen molar-refractivity contribution in [3.63, 3.8) is 0 Å². The van der Waals surface area contributed by atoms with Gasteiger partial charge in [-0.25, -0.2) is 4.39 Å². The van der Waals surface area contributed by atoms with Crippen LogP contribution in [0, 0.1) is 5.82 Å². The standard InChI is InChI=1S/C12H14FNO3/c1-7(12(15)16)14-6-10-5-8-4-9(13)2-3-11(8)17-10/h2-4,7,10,14H,5-6H2,1H3,(H,15,16). The first-order valence-electron chi connectivity index (χ1n) is 5.47. The molecule has 0 aromatic heterocycles. The molecule has 1 aliphatic rings. The first-order valence-corrected chi connectivity index (χ1v) is 5.47. The van der Waals surface area contributed by atoms with Crippen molar-refractivity contribution in [3.05, 3.63) is 29.6 Å². The second-order valence-electron chi connectivity index (χ2n) is 4.16. The van der Waals surface area contributed by atoms with Crippen LogP contribution in [-0.4, -0.2) is 29.8 Å². The van der Waals surface area contributed by atoms with Gasteiger partial charge >= 0.3 is 5.97 Å².